The van der Waals surface area contributed by atoms with E-state index in [1.165, 1.54) is 0 Å². The standard InChI is InChI=1S/C16H25NO3Si/c1-12(2)14(10-20-21(3,4)5)17-9-13-6-7-15-16(8-13)19-11-18-15/h6-9,12,14H,10-11H2,1-5H3/t14-/m0/s1. The van der Waals surface area contributed by atoms with Crippen molar-refractivity contribution in [1.82, 2.24) is 0 Å². The van der Waals surface area contributed by atoms with Gasteiger partial charge in [0.15, 0.2) is 19.8 Å². The summed E-state index contributed by atoms with van der Waals surface area (Å²) in [4.78, 5) is 4.70. The van der Waals surface area contributed by atoms with Gasteiger partial charge in [0, 0.05) is 6.21 Å². The zero-order valence-electron chi connectivity index (χ0n) is 13.6. The second-order valence-electron chi connectivity index (χ2n) is 6.63. The van der Waals surface area contributed by atoms with Crippen molar-refractivity contribution in [2.75, 3.05) is 13.4 Å². The molecule has 0 saturated carbocycles. The Labute approximate surface area is 128 Å². The van der Waals surface area contributed by atoms with E-state index in [1.807, 2.05) is 24.4 Å². The van der Waals surface area contributed by atoms with Gasteiger partial charge in [-0.1, -0.05) is 13.8 Å². The maximum absolute atomic E-state index is 6.00. The van der Waals surface area contributed by atoms with Crippen molar-refractivity contribution in [2.45, 2.75) is 39.5 Å². The normalized spacial score (nSPS) is 15.9. The molecule has 21 heavy (non-hydrogen) atoms. The number of rotatable bonds is 6. The van der Waals surface area contributed by atoms with Crippen molar-refractivity contribution in [3.05, 3.63) is 23.8 Å². The van der Waals surface area contributed by atoms with E-state index in [9.17, 15) is 0 Å². The summed E-state index contributed by atoms with van der Waals surface area (Å²) in [6, 6.07) is 6.06. The molecule has 0 spiro atoms. The van der Waals surface area contributed by atoms with Crippen molar-refractivity contribution in [3.63, 3.8) is 0 Å². The van der Waals surface area contributed by atoms with E-state index in [2.05, 4.69) is 33.5 Å². The molecule has 1 aliphatic heterocycles. The number of hydrogen-bond donors (Lipinski definition) is 0. The molecule has 0 unspecified atom stereocenters. The van der Waals surface area contributed by atoms with Crippen molar-refractivity contribution in [2.24, 2.45) is 10.9 Å². The molecule has 0 saturated heterocycles. The first-order chi connectivity index (χ1) is 9.85. The van der Waals surface area contributed by atoms with Gasteiger partial charge >= 0.3 is 0 Å². The van der Waals surface area contributed by atoms with Crippen LogP contribution in [0.15, 0.2) is 23.2 Å². The van der Waals surface area contributed by atoms with E-state index in [4.69, 9.17) is 18.9 Å². The van der Waals surface area contributed by atoms with E-state index in [0.717, 1.165) is 17.1 Å². The summed E-state index contributed by atoms with van der Waals surface area (Å²) >= 11 is 0. The van der Waals surface area contributed by atoms with Crippen molar-refractivity contribution >= 4 is 14.5 Å². The third-order valence-electron chi connectivity index (χ3n) is 3.27. The summed E-state index contributed by atoms with van der Waals surface area (Å²) < 4.78 is 16.7. The summed E-state index contributed by atoms with van der Waals surface area (Å²) in [5.74, 6) is 2.04. The molecule has 1 heterocycles. The topological polar surface area (TPSA) is 40.0 Å². The molecule has 2 rings (SSSR count). The molecule has 1 aromatic rings. The molecule has 5 heteroatoms. The maximum Gasteiger partial charge on any atom is 0.231 e. The number of nitrogens with zero attached hydrogens (tertiary/aromatic N) is 1. The number of fused-ring (bicyclic) bond motifs is 1. The minimum absolute atomic E-state index is 0.183. The van der Waals surface area contributed by atoms with Crippen molar-refractivity contribution in [3.8, 4) is 11.5 Å². The van der Waals surface area contributed by atoms with Crippen LogP contribution >= 0.6 is 0 Å². The van der Waals surface area contributed by atoms with Crippen LogP contribution in [0.1, 0.15) is 19.4 Å². The molecule has 0 bridgehead atoms. The predicted molar refractivity (Wildman–Crippen MR) is 88.1 cm³/mol. The molecule has 0 amide bonds. The van der Waals surface area contributed by atoms with E-state index in [1.54, 1.807) is 0 Å². The monoisotopic (exact) mass is 307 g/mol. The summed E-state index contributed by atoms with van der Waals surface area (Å²) in [5, 5.41) is 0. The average molecular weight is 307 g/mol. The summed E-state index contributed by atoms with van der Waals surface area (Å²) in [6.45, 7) is 11.9. The Kier molecular flexibility index (Phi) is 5.06. The number of ether oxygens (including phenoxy) is 2. The SMILES string of the molecule is CC(C)[C@H](CO[Si](C)(C)C)N=Cc1ccc2c(c1)OCO2. The van der Waals surface area contributed by atoms with E-state index < -0.39 is 8.32 Å². The highest BCUT2D eigenvalue weighted by Crippen LogP contribution is 2.32. The smallest absolute Gasteiger partial charge is 0.231 e. The van der Waals surface area contributed by atoms with Crippen LogP contribution in [0, 0.1) is 5.92 Å². The lowest BCUT2D eigenvalue weighted by atomic mass is 10.1. The summed E-state index contributed by atoms with van der Waals surface area (Å²) in [7, 11) is -1.50. The molecule has 116 valence electrons. The fraction of sp³-hybridized carbons (Fsp3) is 0.562. The molecule has 1 aromatic carbocycles. The fourth-order valence-electron chi connectivity index (χ4n) is 1.92. The van der Waals surface area contributed by atoms with Crippen LogP contribution in [0.4, 0.5) is 0 Å². The molecule has 1 atom stereocenters. The van der Waals surface area contributed by atoms with Crippen LogP contribution in [0.2, 0.25) is 19.6 Å². The Morgan fingerprint density at radius 3 is 2.62 bits per heavy atom. The van der Waals surface area contributed by atoms with E-state index >= 15 is 0 Å². The minimum atomic E-state index is -1.50. The van der Waals surface area contributed by atoms with Crippen LogP contribution in [-0.4, -0.2) is 34.0 Å². The first kappa shape index (κ1) is 16.0. The predicted octanol–water partition coefficient (Wildman–Crippen LogP) is 3.71. The lowest BCUT2D eigenvalue weighted by Gasteiger charge is -2.23. The average Bonchev–Trinajstić information content (AvgIpc) is 2.84. The minimum Gasteiger partial charge on any atom is -0.454 e. The van der Waals surface area contributed by atoms with Gasteiger partial charge < -0.3 is 13.9 Å². The molecular weight excluding hydrogens is 282 g/mol. The van der Waals surface area contributed by atoms with Gasteiger partial charge in [0.05, 0.1) is 12.6 Å². The highest BCUT2D eigenvalue weighted by molar-refractivity contribution is 6.69. The number of hydrogen-bond acceptors (Lipinski definition) is 4. The largest absolute Gasteiger partial charge is 0.454 e. The van der Waals surface area contributed by atoms with Crippen molar-refractivity contribution < 1.29 is 13.9 Å². The Bertz CT molecular complexity index is 509. The van der Waals surface area contributed by atoms with Crippen molar-refractivity contribution in [1.29, 1.82) is 0 Å². The Morgan fingerprint density at radius 1 is 1.24 bits per heavy atom. The fourth-order valence-corrected chi connectivity index (χ4v) is 2.59. The van der Waals surface area contributed by atoms with Crippen LogP contribution in [0.5, 0.6) is 11.5 Å². The Morgan fingerprint density at radius 2 is 1.95 bits per heavy atom. The van der Waals surface area contributed by atoms with Gasteiger partial charge in [0.2, 0.25) is 6.79 Å². The number of benzene rings is 1. The summed E-state index contributed by atoms with van der Waals surface area (Å²) in [6.07, 6.45) is 1.90. The number of aliphatic imine (C=N–C) groups is 1. The van der Waals surface area contributed by atoms with Gasteiger partial charge in [-0.3, -0.25) is 4.99 Å². The molecule has 0 radical (unpaired) electrons. The molecular formula is C16H25NO3Si. The van der Waals surface area contributed by atoms with Crippen LogP contribution in [0.25, 0.3) is 0 Å². The Balaban J connectivity index is 2.02. The van der Waals surface area contributed by atoms with Gasteiger partial charge in [-0.05, 0) is 49.3 Å². The third kappa shape index (κ3) is 4.86. The van der Waals surface area contributed by atoms with E-state index in [-0.39, 0.29) is 6.04 Å². The van der Waals surface area contributed by atoms with Gasteiger partial charge in [-0.2, -0.15) is 0 Å². The van der Waals surface area contributed by atoms with Gasteiger partial charge in [-0.25, -0.2) is 0 Å². The molecule has 0 aromatic heterocycles. The second kappa shape index (κ2) is 6.62. The highest BCUT2D eigenvalue weighted by atomic mass is 28.4. The molecule has 0 N–H and O–H groups in total. The zero-order valence-corrected chi connectivity index (χ0v) is 14.6. The van der Waals surface area contributed by atoms with Crippen LogP contribution < -0.4 is 9.47 Å². The Hall–Kier alpha value is -1.33. The van der Waals surface area contributed by atoms with Gasteiger partial charge in [0.25, 0.3) is 0 Å². The van der Waals surface area contributed by atoms with Crippen LogP contribution in [-0.2, 0) is 4.43 Å². The third-order valence-corrected chi connectivity index (χ3v) is 4.30. The molecule has 1 aliphatic rings. The van der Waals surface area contributed by atoms with Gasteiger partial charge in [0.1, 0.15) is 0 Å². The maximum atomic E-state index is 6.00. The second-order valence-corrected chi connectivity index (χ2v) is 11.1. The lowest BCUT2D eigenvalue weighted by molar-refractivity contribution is 0.174. The van der Waals surface area contributed by atoms with Gasteiger partial charge in [-0.15, -0.1) is 0 Å². The molecule has 0 aliphatic carbocycles. The first-order valence-corrected chi connectivity index (χ1v) is 10.8. The lowest BCUT2D eigenvalue weighted by Crippen LogP contribution is -2.31. The molecule has 0 fully saturated rings. The highest BCUT2D eigenvalue weighted by Gasteiger charge is 2.19. The summed E-state index contributed by atoms with van der Waals surface area (Å²) in [5.41, 5.74) is 1.03. The zero-order chi connectivity index (χ0) is 15.5. The molecule has 4 nitrogen and oxygen atoms in total. The van der Waals surface area contributed by atoms with E-state index in [0.29, 0.717) is 19.3 Å². The quantitative estimate of drug-likeness (QED) is 0.594. The first-order valence-electron chi connectivity index (χ1n) is 7.42. The van der Waals surface area contributed by atoms with Crippen LogP contribution in [0.3, 0.4) is 0 Å².